The van der Waals surface area contributed by atoms with E-state index < -0.39 is 0 Å². The average Bonchev–Trinajstić information content (AvgIpc) is 3.05. The highest BCUT2D eigenvalue weighted by Gasteiger charge is 2.22. The third kappa shape index (κ3) is 6.84. The second-order valence-electron chi connectivity index (χ2n) is 7.74. The van der Waals surface area contributed by atoms with Gasteiger partial charge in [-0.2, -0.15) is 5.10 Å². The molecular formula is C19H36IN7O. The molecule has 1 fully saturated rings. The maximum atomic E-state index is 5.14. The van der Waals surface area contributed by atoms with Crippen molar-refractivity contribution in [1.29, 1.82) is 0 Å². The lowest BCUT2D eigenvalue weighted by Gasteiger charge is -2.28. The van der Waals surface area contributed by atoms with Crippen LogP contribution in [0.5, 0.6) is 0 Å². The molecule has 2 N–H and O–H groups in total. The average molecular weight is 505 g/mol. The summed E-state index contributed by atoms with van der Waals surface area (Å²) in [5.74, 6) is 3.58. The normalized spacial score (nSPS) is 21.1. The summed E-state index contributed by atoms with van der Waals surface area (Å²) in [6.45, 7) is 7.62. The predicted molar refractivity (Wildman–Crippen MR) is 122 cm³/mol. The number of nitrogens with one attached hydrogen (secondary N) is 2. The van der Waals surface area contributed by atoms with Gasteiger partial charge in [0.05, 0.1) is 6.54 Å². The fraction of sp³-hybridized carbons (Fsp3) is 0.842. The lowest BCUT2D eigenvalue weighted by molar-refractivity contribution is 0.177. The second-order valence-corrected chi connectivity index (χ2v) is 7.74. The monoisotopic (exact) mass is 505 g/mol. The van der Waals surface area contributed by atoms with E-state index in [1.807, 2.05) is 4.68 Å². The van der Waals surface area contributed by atoms with Gasteiger partial charge in [-0.05, 0) is 58.7 Å². The van der Waals surface area contributed by atoms with Crippen LogP contribution in [0.15, 0.2) is 4.99 Å². The summed E-state index contributed by atoms with van der Waals surface area (Å²) in [4.78, 5) is 11.8. The number of aliphatic imine (C=N–C) groups is 1. The van der Waals surface area contributed by atoms with Crippen LogP contribution < -0.4 is 10.6 Å². The molecule has 0 amide bonds. The van der Waals surface area contributed by atoms with Gasteiger partial charge in [0, 0.05) is 32.7 Å². The molecule has 0 bridgehead atoms. The highest BCUT2D eigenvalue weighted by molar-refractivity contribution is 14.0. The van der Waals surface area contributed by atoms with Crippen molar-refractivity contribution in [3.8, 4) is 0 Å². The molecule has 2 aliphatic heterocycles. The van der Waals surface area contributed by atoms with E-state index in [1.165, 1.54) is 32.4 Å². The zero-order valence-corrected chi connectivity index (χ0v) is 19.8. The molecule has 0 spiro atoms. The first-order valence-corrected chi connectivity index (χ1v) is 10.3. The summed E-state index contributed by atoms with van der Waals surface area (Å²) in [5.41, 5.74) is 0. The molecule has 9 heteroatoms. The van der Waals surface area contributed by atoms with E-state index in [0.29, 0.717) is 12.6 Å². The minimum Gasteiger partial charge on any atom is -0.377 e. The van der Waals surface area contributed by atoms with Crippen molar-refractivity contribution >= 4 is 29.9 Å². The first kappa shape index (κ1) is 23.3. The summed E-state index contributed by atoms with van der Waals surface area (Å²) in [7, 11) is 3.89. The third-order valence-corrected chi connectivity index (χ3v) is 5.51. The smallest absolute Gasteiger partial charge is 0.191 e. The molecule has 8 nitrogen and oxygen atoms in total. The largest absolute Gasteiger partial charge is 0.377 e. The lowest BCUT2D eigenvalue weighted by atomic mass is 9.94. The van der Waals surface area contributed by atoms with E-state index in [1.54, 1.807) is 7.11 Å². The van der Waals surface area contributed by atoms with Crippen LogP contribution in [0, 0.1) is 5.92 Å². The van der Waals surface area contributed by atoms with Gasteiger partial charge < -0.3 is 20.3 Å². The number of nitrogens with zero attached hydrogens (tertiary/aromatic N) is 5. The number of piperidine rings is 1. The Hall–Kier alpha value is -0.940. The van der Waals surface area contributed by atoms with E-state index in [2.05, 4.69) is 39.6 Å². The Balaban J connectivity index is 0.00000280. The molecular weight excluding hydrogens is 469 g/mol. The highest BCUT2D eigenvalue weighted by atomic mass is 127. The van der Waals surface area contributed by atoms with Crippen molar-refractivity contribution in [1.82, 2.24) is 30.3 Å². The number of likely N-dealkylation sites (tertiary alicyclic amines) is 1. The van der Waals surface area contributed by atoms with Crippen LogP contribution in [0.4, 0.5) is 0 Å². The van der Waals surface area contributed by atoms with E-state index in [-0.39, 0.29) is 24.0 Å². The Kier molecular flexibility index (Phi) is 9.93. The molecule has 1 atom stereocenters. The van der Waals surface area contributed by atoms with Crippen molar-refractivity contribution in [2.75, 3.05) is 40.3 Å². The second kappa shape index (κ2) is 11.9. The molecule has 28 heavy (non-hydrogen) atoms. The number of halogens is 1. The molecule has 0 aliphatic carbocycles. The molecule has 0 aromatic carbocycles. The molecule has 3 rings (SSSR count). The number of hydrogen-bond donors (Lipinski definition) is 2. The van der Waals surface area contributed by atoms with Crippen LogP contribution in [-0.2, 0) is 24.3 Å². The zero-order chi connectivity index (χ0) is 19.1. The van der Waals surface area contributed by atoms with Crippen LogP contribution >= 0.6 is 24.0 Å². The topological polar surface area (TPSA) is 79.6 Å². The fourth-order valence-corrected chi connectivity index (χ4v) is 3.89. The Morgan fingerprint density at radius 2 is 2.07 bits per heavy atom. The van der Waals surface area contributed by atoms with Crippen LogP contribution in [0.3, 0.4) is 0 Å². The quantitative estimate of drug-likeness (QED) is 0.334. The molecule has 0 radical (unpaired) electrons. The van der Waals surface area contributed by atoms with Gasteiger partial charge in [0.1, 0.15) is 12.4 Å². The number of guanidine groups is 1. The number of hydrogen-bond acceptors (Lipinski definition) is 5. The number of ether oxygens (including phenoxy) is 1. The Bertz CT molecular complexity index is 613. The van der Waals surface area contributed by atoms with Crippen LogP contribution in [0.25, 0.3) is 0 Å². The molecule has 1 unspecified atom stereocenters. The number of rotatable bonds is 7. The van der Waals surface area contributed by atoms with Crippen molar-refractivity contribution in [2.24, 2.45) is 10.9 Å². The van der Waals surface area contributed by atoms with E-state index >= 15 is 0 Å². The molecule has 160 valence electrons. The van der Waals surface area contributed by atoms with Crippen LogP contribution in [-0.4, -0.2) is 72.0 Å². The Morgan fingerprint density at radius 1 is 1.29 bits per heavy atom. The SMILES string of the molecule is CCNC(=NCCC1CCN(C)CC1)NC1CCc2nc(COC)nn2C1.I. The van der Waals surface area contributed by atoms with Gasteiger partial charge in [-0.1, -0.05) is 0 Å². The van der Waals surface area contributed by atoms with Gasteiger partial charge in [-0.15, -0.1) is 24.0 Å². The summed E-state index contributed by atoms with van der Waals surface area (Å²) < 4.78 is 7.15. The molecule has 3 heterocycles. The molecule has 0 saturated carbocycles. The third-order valence-electron chi connectivity index (χ3n) is 5.51. The predicted octanol–water partition coefficient (Wildman–Crippen LogP) is 1.64. The van der Waals surface area contributed by atoms with Gasteiger partial charge in [0.2, 0.25) is 0 Å². The summed E-state index contributed by atoms with van der Waals surface area (Å²) in [6.07, 6.45) is 5.77. The zero-order valence-electron chi connectivity index (χ0n) is 17.5. The minimum atomic E-state index is 0. The molecule has 1 aromatic heterocycles. The number of fused-ring (bicyclic) bond motifs is 1. The summed E-state index contributed by atoms with van der Waals surface area (Å²) >= 11 is 0. The molecule has 1 saturated heterocycles. The van der Waals surface area contributed by atoms with Crippen molar-refractivity contribution in [3.05, 3.63) is 11.6 Å². The number of methoxy groups -OCH3 is 1. The Morgan fingerprint density at radius 3 is 2.79 bits per heavy atom. The maximum absolute atomic E-state index is 5.14. The minimum absolute atomic E-state index is 0. The number of aromatic nitrogens is 3. The Labute approximate surface area is 185 Å². The summed E-state index contributed by atoms with van der Waals surface area (Å²) in [5, 5.41) is 11.5. The fourth-order valence-electron chi connectivity index (χ4n) is 3.89. The molecule has 1 aromatic rings. The standard InChI is InChI=1S/C19H35N7O.HI/c1-4-20-19(21-10-7-15-8-11-25(2)12-9-15)22-16-5-6-18-23-17(14-27-3)24-26(18)13-16;/h15-16H,4-14H2,1-3H3,(H2,20,21,22);1H. The van der Waals surface area contributed by atoms with Gasteiger partial charge in [0.15, 0.2) is 11.8 Å². The van der Waals surface area contributed by atoms with Gasteiger partial charge in [0.25, 0.3) is 0 Å². The lowest BCUT2D eigenvalue weighted by Crippen LogP contribution is -2.47. The maximum Gasteiger partial charge on any atom is 0.191 e. The molecule has 2 aliphatic rings. The first-order chi connectivity index (χ1) is 13.2. The van der Waals surface area contributed by atoms with Crippen LogP contribution in [0.2, 0.25) is 0 Å². The van der Waals surface area contributed by atoms with E-state index in [0.717, 1.165) is 56.0 Å². The van der Waals surface area contributed by atoms with Gasteiger partial charge in [-0.25, -0.2) is 9.67 Å². The van der Waals surface area contributed by atoms with Gasteiger partial charge >= 0.3 is 0 Å². The highest BCUT2D eigenvalue weighted by Crippen LogP contribution is 2.19. The van der Waals surface area contributed by atoms with Crippen molar-refractivity contribution < 1.29 is 4.74 Å². The number of aryl methyl sites for hydroxylation is 1. The van der Waals surface area contributed by atoms with Crippen molar-refractivity contribution in [3.63, 3.8) is 0 Å². The summed E-state index contributed by atoms with van der Waals surface area (Å²) in [6, 6.07) is 0.329. The van der Waals surface area contributed by atoms with E-state index in [9.17, 15) is 0 Å². The van der Waals surface area contributed by atoms with Crippen molar-refractivity contribution in [2.45, 2.75) is 58.2 Å². The van der Waals surface area contributed by atoms with Crippen LogP contribution in [0.1, 0.15) is 44.3 Å². The van der Waals surface area contributed by atoms with Gasteiger partial charge in [-0.3, -0.25) is 4.99 Å². The van der Waals surface area contributed by atoms with E-state index in [4.69, 9.17) is 9.73 Å². The first-order valence-electron chi connectivity index (χ1n) is 10.3.